The summed E-state index contributed by atoms with van der Waals surface area (Å²) in [5, 5.41) is 28.9. The van der Waals surface area contributed by atoms with Gasteiger partial charge >= 0.3 is 0 Å². The van der Waals surface area contributed by atoms with Crippen LogP contribution in [0.1, 0.15) is 11.1 Å². The highest BCUT2D eigenvalue weighted by molar-refractivity contribution is 5.76. The predicted molar refractivity (Wildman–Crippen MR) is 78.4 cm³/mol. The molecule has 1 saturated heterocycles. The molecule has 3 rings (SSSR count). The lowest BCUT2D eigenvalue weighted by Crippen LogP contribution is -2.36. The molecule has 3 N–H and O–H groups in total. The first-order valence-electron chi connectivity index (χ1n) is 7.05. The van der Waals surface area contributed by atoms with Crippen LogP contribution in [-0.2, 0) is 11.3 Å². The normalized spacial score (nSPS) is 28.4. The van der Waals surface area contributed by atoms with Crippen molar-refractivity contribution < 1.29 is 20.1 Å². The molecule has 2 aromatic rings. The molecule has 22 heavy (non-hydrogen) atoms. The van der Waals surface area contributed by atoms with Crippen molar-refractivity contribution in [3.63, 3.8) is 0 Å². The van der Waals surface area contributed by atoms with Crippen molar-refractivity contribution in [2.45, 2.75) is 45.0 Å². The Morgan fingerprint density at radius 1 is 1.18 bits per heavy atom. The van der Waals surface area contributed by atoms with Gasteiger partial charge in [-0.3, -0.25) is 4.79 Å². The molecule has 4 atom stereocenters. The molecule has 0 unspecified atom stereocenters. The van der Waals surface area contributed by atoms with Gasteiger partial charge < -0.3 is 24.6 Å². The van der Waals surface area contributed by atoms with Crippen molar-refractivity contribution >= 4 is 11.0 Å². The predicted octanol–water partition coefficient (Wildman–Crippen LogP) is -0.548. The molecular formula is C15H18N2O5. The molecule has 0 saturated carbocycles. The van der Waals surface area contributed by atoms with Gasteiger partial charge in [-0.15, -0.1) is 0 Å². The Balaban J connectivity index is 2.05. The quantitative estimate of drug-likeness (QED) is 0.688. The van der Waals surface area contributed by atoms with Crippen LogP contribution in [0.15, 0.2) is 23.1 Å². The van der Waals surface area contributed by atoms with Crippen molar-refractivity contribution in [2.24, 2.45) is 0 Å². The van der Waals surface area contributed by atoms with E-state index in [0.717, 1.165) is 11.1 Å². The van der Waals surface area contributed by atoms with Gasteiger partial charge in [0.2, 0.25) is 0 Å². The third-order valence-electron chi connectivity index (χ3n) is 4.16. The Morgan fingerprint density at radius 2 is 1.86 bits per heavy atom. The second-order valence-corrected chi connectivity index (χ2v) is 5.68. The van der Waals surface area contributed by atoms with Crippen molar-refractivity contribution in [2.75, 3.05) is 0 Å². The number of aryl methyl sites for hydroxylation is 2. The van der Waals surface area contributed by atoms with Crippen LogP contribution in [0, 0.1) is 13.8 Å². The van der Waals surface area contributed by atoms with Gasteiger partial charge in [-0.1, -0.05) is 0 Å². The van der Waals surface area contributed by atoms with Crippen molar-refractivity contribution in [1.29, 1.82) is 0 Å². The van der Waals surface area contributed by atoms with Crippen LogP contribution < -0.4 is 5.56 Å². The zero-order valence-electron chi connectivity index (χ0n) is 12.3. The van der Waals surface area contributed by atoms with E-state index in [1.54, 1.807) is 0 Å². The summed E-state index contributed by atoms with van der Waals surface area (Å²) < 4.78 is 6.56. The molecule has 2 heterocycles. The molecule has 1 fully saturated rings. The van der Waals surface area contributed by atoms with Crippen molar-refractivity contribution in [3.05, 3.63) is 39.8 Å². The second kappa shape index (κ2) is 5.44. The molecule has 0 amide bonds. The van der Waals surface area contributed by atoms with E-state index in [4.69, 9.17) is 4.74 Å². The molecule has 118 valence electrons. The average molecular weight is 306 g/mol. The summed E-state index contributed by atoms with van der Waals surface area (Å²) >= 11 is 0. The molecule has 1 aromatic carbocycles. The summed E-state index contributed by atoms with van der Waals surface area (Å²) in [6.07, 6.45) is -3.73. The summed E-state index contributed by atoms with van der Waals surface area (Å²) in [5.74, 6) is 0. The molecule has 0 aliphatic carbocycles. The lowest BCUT2D eigenvalue weighted by molar-refractivity contribution is -0.128. The molecule has 0 radical (unpaired) electrons. The van der Waals surface area contributed by atoms with Gasteiger partial charge in [-0.25, -0.2) is 4.98 Å². The first kappa shape index (κ1) is 15.1. The fourth-order valence-corrected chi connectivity index (χ4v) is 2.67. The minimum atomic E-state index is -1.45. The fraction of sp³-hybridized carbons (Fsp3) is 0.467. The van der Waals surface area contributed by atoms with Crippen LogP contribution in [0.25, 0.3) is 11.0 Å². The molecule has 0 bridgehead atoms. The van der Waals surface area contributed by atoms with E-state index in [0.29, 0.717) is 11.0 Å². The number of fused-ring (bicyclic) bond motifs is 1. The van der Waals surface area contributed by atoms with Gasteiger partial charge in [0.1, 0.15) is 18.3 Å². The highest BCUT2D eigenvalue weighted by Gasteiger charge is 2.42. The van der Waals surface area contributed by atoms with Gasteiger partial charge in [-0.05, 0) is 37.1 Å². The molecule has 1 aromatic heterocycles. The van der Waals surface area contributed by atoms with Crippen molar-refractivity contribution in [1.82, 2.24) is 9.55 Å². The summed E-state index contributed by atoms with van der Waals surface area (Å²) in [4.78, 5) is 16.3. The minimum absolute atomic E-state index is 0.0235. The largest absolute Gasteiger partial charge is 0.387 e. The van der Waals surface area contributed by atoms with E-state index in [1.807, 2.05) is 26.0 Å². The van der Waals surface area contributed by atoms with E-state index in [-0.39, 0.29) is 12.1 Å². The van der Waals surface area contributed by atoms with E-state index in [9.17, 15) is 20.1 Å². The lowest BCUT2D eigenvalue weighted by atomic mass is 10.1. The Labute approximate surface area is 126 Å². The van der Waals surface area contributed by atoms with Gasteiger partial charge in [-0.2, -0.15) is 0 Å². The highest BCUT2D eigenvalue weighted by Crippen LogP contribution is 2.22. The van der Waals surface area contributed by atoms with Gasteiger partial charge in [0.15, 0.2) is 6.29 Å². The van der Waals surface area contributed by atoms with Gasteiger partial charge in [0, 0.05) is 0 Å². The van der Waals surface area contributed by atoms with Crippen LogP contribution in [0.4, 0.5) is 0 Å². The molecule has 1 aliphatic rings. The number of nitrogens with zero attached hydrogens (tertiary/aromatic N) is 2. The average Bonchev–Trinajstić information content (AvgIpc) is 2.71. The van der Waals surface area contributed by atoms with E-state index in [1.165, 1.54) is 10.8 Å². The molecule has 7 nitrogen and oxygen atoms in total. The Morgan fingerprint density at radius 3 is 2.50 bits per heavy atom. The standard InChI is InChI=1S/C15H18N2O5/c1-7-3-9-10(4-8(7)2)17(12(18)5-16-9)6-11-13(19)14(20)15(21)22-11/h3-5,11,13-15,19-21H,6H2,1-2H3/t11-,13-,14-,15-/m1/s1. The Kier molecular flexibility index (Phi) is 3.73. The molecule has 0 spiro atoms. The van der Waals surface area contributed by atoms with Gasteiger partial charge in [0.05, 0.1) is 23.8 Å². The number of aliphatic hydroxyl groups excluding tert-OH is 3. The van der Waals surface area contributed by atoms with Gasteiger partial charge in [0.25, 0.3) is 5.56 Å². The topological polar surface area (TPSA) is 105 Å². The highest BCUT2D eigenvalue weighted by atomic mass is 16.6. The van der Waals surface area contributed by atoms with E-state index in [2.05, 4.69) is 4.98 Å². The first-order valence-corrected chi connectivity index (χ1v) is 7.05. The van der Waals surface area contributed by atoms with Crippen molar-refractivity contribution in [3.8, 4) is 0 Å². The fourth-order valence-electron chi connectivity index (χ4n) is 2.67. The third kappa shape index (κ3) is 2.42. The Hall–Kier alpha value is -1.80. The summed E-state index contributed by atoms with van der Waals surface area (Å²) in [5.41, 5.74) is 3.04. The van der Waals surface area contributed by atoms with Crippen LogP contribution in [0.5, 0.6) is 0 Å². The molecule has 1 aliphatic heterocycles. The van der Waals surface area contributed by atoms with E-state index >= 15 is 0 Å². The van der Waals surface area contributed by atoms with Crippen LogP contribution in [-0.4, -0.2) is 49.5 Å². The molecule has 7 heteroatoms. The lowest BCUT2D eigenvalue weighted by Gasteiger charge is -2.17. The zero-order valence-corrected chi connectivity index (χ0v) is 12.3. The maximum absolute atomic E-state index is 12.1. The number of aliphatic hydroxyl groups is 3. The number of hydrogen-bond donors (Lipinski definition) is 3. The van der Waals surface area contributed by atoms with Crippen LogP contribution in [0.2, 0.25) is 0 Å². The SMILES string of the molecule is Cc1cc2ncc(=O)n(C[C@H]3O[C@@H](O)[C@H](O)[C@@H]3O)c2cc1C. The first-order chi connectivity index (χ1) is 10.4. The number of aromatic nitrogens is 2. The van der Waals surface area contributed by atoms with Crippen LogP contribution >= 0.6 is 0 Å². The van der Waals surface area contributed by atoms with Crippen LogP contribution in [0.3, 0.4) is 0 Å². The maximum atomic E-state index is 12.1. The summed E-state index contributed by atoms with van der Waals surface area (Å²) in [6.45, 7) is 3.92. The smallest absolute Gasteiger partial charge is 0.269 e. The minimum Gasteiger partial charge on any atom is -0.387 e. The number of benzene rings is 1. The number of ether oxygens (including phenoxy) is 1. The summed E-state index contributed by atoms with van der Waals surface area (Å²) in [7, 11) is 0. The maximum Gasteiger partial charge on any atom is 0.269 e. The second-order valence-electron chi connectivity index (χ2n) is 5.68. The zero-order chi connectivity index (χ0) is 16.0. The Bertz CT molecular complexity index is 772. The monoisotopic (exact) mass is 306 g/mol. The number of rotatable bonds is 2. The summed E-state index contributed by atoms with van der Waals surface area (Å²) in [6, 6.07) is 3.74. The van der Waals surface area contributed by atoms with E-state index < -0.39 is 24.6 Å². The molecular weight excluding hydrogens is 288 g/mol. The third-order valence-corrected chi connectivity index (χ3v) is 4.16. The number of hydrogen-bond acceptors (Lipinski definition) is 6.